The van der Waals surface area contributed by atoms with E-state index in [4.69, 9.17) is 4.74 Å². The fourth-order valence-electron chi connectivity index (χ4n) is 2.97. The van der Waals surface area contributed by atoms with Gasteiger partial charge < -0.3 is 0 Å². The van der Waals surface area contributed by atoms with Crippen molar-refractivity contribution in [2.24, 2.45) is 0 Å². The van der Waals surface area contributed by atoms with Crippen LogP contribution in [0.25, 0.3) is 0 Å². The molecule has 0 spiro atoms. The number of methoxy groups -OCH3 is 1. The molecule has 6 heteroatoms. The van der Waals surface area contributed by atoms with Crippen molar-refractivity contribution in [2.75, 3.05) is 7.11 Å². The second kappa shape index (κ2) is 10.1. The van der Waals surface area contributed by atoms with E-state index < -0.39 is 0 Å². The average Bonchev–Trinajstić information content (AvgIpc) is 3.18. The van der Waals surface area contributed by atoms with Crippen LogP contribution in [0.15, 0.2) is 67.2 Å². The van der Waals surface area contributed by atoms with Crippen molar-refractivity contribution in [2.45, 2.75) is 25.8 Å². The maximum atomic E-state index is 12.6. The van der Waals surface area contributed by atoms with Crippen LogP contribution in [0.2, 0.25) is 0 Å². The van der Waals surface area contributed by atoms with E-state index in [1.165, 1.54) is 19.4 Å². The van der Waals surface area contributed by atoms with Gasteiger partial charge in [0.2, 0.25) is 0 Å². The number of aromatic nitrogens is 2. The fourth-order valence-corrected chi connectivity index (χ4v) is 3.86. The van der Waals surface area contributed by atoms with Gasteiger partial charge in [-0.2, -0.15) is 0 Å². The number of rotatable bonds is 1. The van der Waals surface area contributed by atoms with E-state index in [1.807, 2.05) is 42.8 Å². The molecule has 0 saturated heterocycles. The molecular formula is C22H23N3O2W. The summed E-state index contributed by atoms with van der Waals surface area (Å²) >= 11 is 1.36. The number of nitrogens with one attached hydrogen (secondary N) is 1. The standard InChI is InChI=1S/C22H23N3O2.W/c1-27-19-12-11-18-9-5-2-3-8-15-25-16-14-23-21(25)10-6-4-7-13-24-22(26)20(18)17-19;/h2,4-7,11-14,16-17H,3,8-9,15H2,1H3,(H,24,26);. The van der Waals surface area contributed by atoms with Gasteiger partial charge in [-0.05, 0) is 0 Å². The molecule has 1 amide bonds. The normalized spacial score (nSPS) is 15.5. The van der Waals surface area contributed by atoms with Crippen molar-refractivity contribution in [1.82, 2.24) is 14.9 Å². The number of imidazole rings is 1. The molecule has 0 atom stereocenters. The molecule has 5 nitrogen and oxygen atoms in total. The number of hydrogen-bond acceptors (Lipinski definition) is 3. The Morgan fingerprint density at radius 3 is 3.00 bits per heavy atom. The number of nitrogens with zero attached hydrogens (tertiary/aromatic N) is 2. The third-order valence-electron chi connectivity index (χ3n) is 4.44. The summed E-state index contributed by atoms with van der Waals surface area (Å²) in [4.78, 5) is 17.1. The van der Waals surface area contributed by atoms with Gasteiger partial charge in [-0.15, -0.1) is 0 Å². The molecule has 1 aromatic heterocycles. The van der Waals surface area contributed by atoms with Crippen LogP contribution in [0.4, 0.5) is 0 Å². The molecule has 0 bridgehead atoms. The number of fused-ring (bicyclic) bond motifs is 2. The number of hydrogen-bond donors (Lipinski definition) is 1. The van der Waals surface area contributed by atoms with Gasteiger partial charge in [0.1, 0.15) is 0 Å². The van der Waals surface area contributed by atoms with Crippen LogP contribution in [0, 0.1) is 0 Å². The third-order valence-corrected chi connectivity index (χ3v) is 5.59. The molecule has 1 aliphatic heterocycles. The van der Waals surface area contributed by atoms with Crippen molar-refractivity contribution in [3.8, 4) is 5.75 Å². The summed E-state index contributed by atoms with van der Waals surface area (Å²) in [7, 11) is 1.61. The van der Waals surface area contributed by atoms with Crippen LogP contribution >= 0.6 is 0 Å². The maximum absolute atomic E-state index is 12.6. The molecule has 2 aromatic rings. The van der Waals surface area contributed by atoms with Crippen molar-refractivity contribution < 1.29 is 28.9 Å². The van der Waals surface area contributed by atoms with Gasteiger partial charge in [0.25, 0.3) is 0 Å². The van der Waals surface area contributed by atoms with E-state index >= 15 is 0 Å². The molecule has 2 heterocycles. The minimum atomic E-state index is -0.141. The number of ether oxygens (including phenoxy) is 1. The van der Waals surface area contributed by atoms with Crippen LogP contribution in [-0.2, 0) is 32.3 Å². The third kappa shape index (κ3) is 5.26. The molecule has 1 aromatic carbocycles. The summed E-state index contributed by atoms with van der Waals surface area (Å²) in [6.07, 6.45) is 18.4. The van der Waals surface area contributed by atoms with E-state index in [-0.39, 0.29) is 5.91 Å². The number of carbonyl (C=O) groups excluding carboxylic acids is 1. The summed E-state index contributed by atoms with van der Waals surface area (Å²) in [6, 6.07) is 5.63. The first-order valence-corrected chi connectivity index (χ1v) is 10.7. The van der Waals surface area contributed by atoms with E-state index in [2.05, 4.69) is 27.0 Å². The SMILES string of the molecule is COc1ccc2c(c1)C(=O)NC=CC=C[C](=[W])c1nccn1CCCC=CC2. The van der Waals surface area contributed by atoms with Gasteiger partial charge in [0.15, 0.2) is 0 Å². The zero-order valence-electron chi connectivity index (χ0n) is 15.8. The molecular weight excluding hydrogens is 522 g/mol. The predicted molar refractivity (Wildman–Crippen MR) is 107 cm³/mol. The minimum absolute atomic E-state index is 0.141. The van der Waals surface area contributed by atoms with Gasteiger partial charge in [-0.25, -0.2) is 0 Å². The first-order chi connectivity index (χ1) is 13.7. The van der Waals surface area contributed by atoms with Gasteiger partial charge in [-0.1, -0.05) is 0 Å². The van der Waals surface area contributed by atoms with Crippen LogP contribution in [-0.4, -0.2) is 26.5 Å². The molecule has 0 saturated carbocycles. The Morgan fingerprint density at radius 1 is 1.25 bits per heavy atom. The molecule has 0 aliphatic carbocycles. The number of allylic oxidation sites excluding steroid dienone is 5. The number of aryl methyl sites for hydroxylation is 1. The Morgan fingerprint density at radius 2 is 2.14 bits per heavy atom. The van der Waals surface area contributed by atoms with Crippen LogP contribution in [0.3, 0.4) is 0 Å². The molecule has 0 unspecified atom stereocenters. The summed E-state index contributed by atoms with van der Waals surface area (Å²) in [6.45, 7) is 0.938. The molecule has 1 aliphatic rings. The summed E-state index contributed by atoms with van der Waals surface area (Å²) in [5.74, 6) is 1.55. The molecule has 144 valence electrons. The fraction of sp³-hybridized carbons (Fsp3) is 0.227. The van der Waals surface area contributed by atoms with Crippen LogP contribution in [0.5, 0.6) is 5.75 Å². The number of amides is 1. The molecule has 1 N–H and O–H groups in total. The molecule has 28 heavy (non-hydrogen) atoms. The van der Waals surface area contributed by atoms with Gasteiger partial charge in [-0.3, -0.25) is 0 Å². The van der Waals surface area contributed by atoms with Crippen molar-refractivity contribution >= 4 is 9.81 Å². The molecule has 0 fully saturated rings. The van der Waals surface area contributed by atoms with Gasteiger partial charge >= 0.3 is 176 Å². The first kappa shape index (κ1) is 20.2. The van der Waals surface area contributed by atoms with Crippen molar-refractivity contribution in [3.63, 3.8) is 0 Å². The Bertz CT molecular complexity index is 941. The summed E-state index contributed by atoms with van der Waals surface area (Å²) in [5.41, 5.74) is 1.61. The van der Waals surface area contributed by atoms with E-state index in [1.54, 1.807) is 19.4 Å². The van der Waals surface area contributed by atoms with E-state index in [0.717, 1.165) is 34.7 Å². The van der Waals surface area contributed by atoms with Crippen molar-refractivity contribution in [1.29, 1.82) is 0 Å². The van der Waals surface area contributed by atoms with Crippen LogP contribution in [0.1, 0.15) is 34.6 Å². The molecule has 0 radical (unpaired) electrons. The van der Waals surface area contributed by atoms with Crippen LogP contribution < -0.4 is 10.1 Å². The zero-order valence-corrected chi connectivity index (χ0v) is 18.7. The predicted octanol–water partition coefficient (Wildman–Crippen LogP) is 3.35. The van der Waals surface area contributed by atoms with E-state index in [0.29, 0.717) is 17.7 Å². The Hall–Kier alpha value is -2.52. The van der Waals surface area contributed by atoms with Crippen molar-refractivity contribution in [3.05, 3.63) is 84.1 Å². The summed E-state index contributed by atoms with van der Waals surface area (Å²) < 4.78 is 8.64. The Balaban J connectivity index is 1.85. The van der Waals surface area contributed by atoms with Gasteiger partial charge in [0, 0.05) is 0 Å². The first-order valence-electron chi connectivity index (χ1n) is 9.20. The Kier molecular flexibility index (Phi) is 7.32. The molecule has 3 rings (SSSR count). The second-order valence-corrected chi connectivity index (χ2v) is 7.92. The summed E-state index contributed by atoms with van der Waals surface area (Å²) in [5, 5.41) is 2.84. The second-order valence-electron chi connectivity index (χ2n) is 6.34. The monoisotopic (exact) mass is 545 g/mol. The quantitative estimate of drug-likeness (QED) is 0.560. The zero-order chi connectivity index (χ0) is 19.8. The average molecular weight is 545 g/mol. The topological polar surface area (TPSA) is 56.1 Å². The number of carbonyl (C=O) groups is 1. The Labute approximate surface area is 176 Å². The van der Waals surface area contributed by atoms with Gasteiger partial charge in [0.05, 0.1) is 0 Å². The number of benzene rings is 1. The van der Waals surface area contributed by atoms with E-state index in [9.17, 15) is 4.79 Å².